The van der Waals surface area contributed by atoms with Crippen molar-refractivity contribution < 1.29 is 4.79 Å². The third kappa shape index (κ3) is 5.16. The number of anilines is 1. The number of amides is 1. The number of nitrogens with one attached hydrogen (secondary N) is 1. The maximum absolute atomic E-state index is 11.5. The average molecular weight is 318 g/mol. The fourth-order valence-electron chi connectivity index (χ4n) is 1.49. The second-order valence-corrected chi connectivity index (χ2v) is 3.80. The first kappa shape index (κ1) is 18.4. The molecule has 0 saturated carbocycles. The van der Waals surface area contributed by atoms with E-state index in [1.807, 2.05) is 12.3 Å². The van der Waals surface area contributed by atoms with Gasteiger partial charge in [-0.05, 0) is 31.2 Å². The van der Waals surface area contributed by atoms with Crippen LogP contribution < -0.4 is 11.1 Å². The van der Waals surface area contributed by atoms with Crippen LogP contribution >= 0.6 is 24.8 Å². The van der Waals surface area contributed by atoms with Crippen LogP contribution in [0.1, 0.15) is 12.8 Å². The quantitative estimate of drug-likeness (QED) is 0.880. The van der Waals surface area contributed by atoms with Crippen molar-refractivity contribution in [3.05, 3.63) is 36.8 Å². The fraction of sp³-hybridized carbons (Fsp3) is 0.250. The second-order valence-electron chi connectivity index (χ2n) is 3.80. The summed E-state index contributed by atoms with van der Waals surface area (Å²) in [6, 6.07) is 5.42. The Balaban J connectivity index is 0.00000180. The zero-order valence-corrected chi connectivity index (χ0v) is 12.4. The van der Waals surface area contributed by atoms with Gasteiger partial charge in [-0.25, -0.2) is 9.67 Å². The van der Waals surface area contributed by atoms with Crippen molar-refractivity contribution in [2.24, 2.45) is 5.73 Å². The monoisotopic (exact) mass is 317 g/mol. The van der Waals surface area contributed by atoms with Crippen LogP contribution in [0.3, 0.4) is 0 Å². The van der Waals surface area contributed by atoms with E-state index in [4.69, 9.17) is 5.73 Å². The number of nitrogens with two attached hydrogens (primary N) is 1. The highest BCUT2D eigenvalue weighted by Gasteiger charge is 2.03. The zero-order valence-electron chi connectivity index (χ0n) is 10.7. The van der Waals surface area contributed by atoms with E-state index >= 15 is 0 Å². The molecule has 0 spiro atoms. The van der Waals surface area contributed by atoms with Gasteiger partial charge in [0, 0.05) is 18.8 Å². The Morgan fingerprint density at radius 2 is 2.15 bits per heavy atom. The molecule has 2 rings (SSSR count). The molecular weight excluding hydrogens is 301 g/mol. The van der Waals surface area contributed by atoms with Crippen LogP contribution in [0.15, 0.2) is 36.8 Å². The fourth-order valence-corrected chi connectivity index (χ4v) is 1.49. The van der Waals surface area contributed by atoms with Crippen LogP contribution in [-0.4, -0.2) is 27.2 Å². The summed E-state index contributed by atoms with van der Waals surface area (Å²) in [7, 11) is 0. The van der Waals surface area contributed by atoms with E-state index in [0.717, 1.165) is 0 Å². The Labute approximate surface area is 129 Å². The summed E-state index contributed by atoms with van der Waals surface area (Å²) < 4.78 is 1.65. The summed E-state index contributed by atoms with van der Waals surface area (Å²) in [5.74, 6) is 0.661. The summed E-state index contributed by atoms with van der Waals surface area (Å²) in [5, 5.41) is 6.83. The molecule has 2 heterocycles. The average Bonchev–Trinajstić information content (AvgIpc) is 2.91. The number of aromatic nitrogens is 3. The van der Waals surface area contributed by atoms with Crippen molar-refractivity contribution in [2.45, 2.75) is 12.8 Å². The Morgan fingerprint density at radius 3 is 2.70 bits per heavy atom. The summed E-state index contributed by atoms with van der Waals surface area (Å²) in [4.78, 5) is 15.7. The normalized spacial score (nSPS) is 9.25. The lowest BCUT2D eigenvalue weighted by Gasteiger charge is -2.05. The molecule has 0 aliphatic heterocycles. The Kier molecular flexibility index (Phi) is 8.54. The molecule has 3 N–H and O–H groups in total. The highest BCUT2D eigenvalue weighted by atomic mass is 35.5. The first-order valence-electron chi connectivity index (χ1n) is 5.75. The van der Waals surface area contributed by atoms with E-state index in [0.29, 0.717) is 30.9 Å². The summed E-state index contributed by atoms with van der Waals surface area (Å²) in [5.41, 5.74) is 6.02. The molecule has 6 nitrogen and oxygen atoms in total. The van der Waals surface area contributed by atoms with E-state index < -0.39 is 0 Å². The minimum atomic E-state index is -0.0471. The van der Waals surface area contributed by atoms with Gasteiger partial charge in [0.15, 0.2) is 5.82 Å². The third-order valence-electron chi connectivity index (χ3n) is 2.38. The second kappa shape index (κ2) is 9.30. The molecule has 110 valence electrons. The van der Waals surface area contributed by atoms with Gasteiger partial charge in [-0.2, -0.15) is 5.10 Å². The van der Waals surface area contributed by atoms with Crippen molar-refractivity contribution in [2.75, 3.05) is 11.9 Å². The molecule has 0 unspecified atom stereocenters. The predicted molar refractivity (Wildman–Crippen MR) is 82.8 cm³/mol. The van der Waals surface area contributed by atoms with Crippen LogP contribution in [0.2, 0.25) is 0 Å². The van der Waals surface area contributed by atoms with Crippen molar-refractivity contribution in [1.29, 1.82) is 0 Å². The lowest BCUT2D eigenvalue weighted by molar-refractivity contribution is -0.116. The van der Waals surface area contributed by atoms with Crippen LogP contribution in [0.25, 0.3) is 5.82 Å². The number of rotatable bonds is 5. The molecule has 0 radical (unpaired) electrons. The van der Waals surface area contributed by atoms with Crippen LogP contribution in [0, 0.1) is 0 Å². The minimum absolute atomic E-state index is 0. The topological polar surface area (TPSA) is 85.8 Å². The lowest BCUT2D eigenvalue weighted by Crippen LogP contribution is -2.13. The van der Waals surface area contributed by atoms with Gasteiger partial charge < -0.3 is 11.1 Å². The highest BCUT2D eigenvalue weighted by Crippen LogP contribution is 2.09. The minimum Gasteiger partial charge on any atom is -0.330 e. The molecule has 20 heavy (non-hydrogen) atoms. The SMILES string of the molecule is Cl.Cl.NCCCC(=O)Nc1ccc(-n2cccn2)nc1. The largest absolute Gasteiger partial charge is 0.330 e. The van der Waals surface area contributed by atoms with Crippen LogP contribution in [0.4, 0.5) is 5.69 Å². The summed E-state index contributed by atoms with van der Waals surface area (Å²) in [6.07, 6.45) is 6.21. The Morgan fingerprint density at radius 1 is 1.35 bits per heavy atom. The predicted octanol–water partition coefficient (Wildman–Crippen LogP) is 1.79. The highest BCUT2D eigenvalue weighted by molar-refractivity contribution is 5.90. The number of hydrogen-bond donors (Lipinski definition) is 2. The van der Waals surface area contributed by atoms with E-state index in [9.17, 15) is 4.79 Å². The maximum Gasteiger partial charge on any atom is 0.224 e. The maximum atomic E-state index is 11.5. The molecule has 0 fully saturated rings. The van der Waals surface area contributed by atoms with Gasteiger partial charge >= 0.3 is 0 Å². The molecule has 1 amide bonds. The molecule has 0 atom stereocenters. The number of pyridine rings is 1. The van der Waals surface area contributed by atoms with Crippen molar-refractivity contribution in [3.8, 4) is 5.82 Å². The van der Waals surface area contributed by atoms with Gasteiger partial charge in [0.05, 0.1) is 11.9 Å². The molecular formula is C12H17Cl2N5O. The zero-order chi connectivity index (χ0) is 12.8. The molecule has 0 aromatic carbocycles. The smallest absolute Gasteiger partial charge is 0.224 e. The van der Waals surface area contributed by atoms with E-state index in [1.165, 1.54) is 0 Å². The van der Waals surface area contributed by atoms with Gasteiger partial charge in [-0.15, -0.1) is 24.8 Å². The van der Waals surface area contributed by atoms with Crippen LogP contribution in [0.5, 0.6) is 0 Å². The number of carbonyl (C=O) groups is 1. The molecule has 2 aromatic rings. The number of carbonyl (C=O) groups excluding carboxylic acids is 1. The number of hydrogen-bond acceptors (Lipinski definition) is 4. The van der Waals surface area contributed by atoms with E-state index in [2.05, 4.69) is 15.4 Å². The Hall–Kier alpha value is -1.63. The first-order valence-corrected chi connectivity index (χ1v) is 5.75. The summed E-state index contributed by atoms with van der Waals surface area (Å²) in [6.45, 7) is 0.518. The van der Waals surface area contributed by atoms with Gasteiger partial charge in [0.2, 0.25) is 5.91 Å². The standard InChI is InChI=1S/C12H15N5O.2ClH/c13-6-1-3-12(18)16-10-4-5-11(14-9-10)17-8-2-7-15-17;;/h2,4-5,7-9H,1,3,6,13H2,(H,16,18);2*1H. The van der Waals surface area contributed by atoms with E-state index in [-0.39, 0.29) is 30.7 Å². The molecule has 0 bridgehead atoms. The lowest BCUT2D eigenvalue weighted by atomic mass is 10.3. The van der Waals surface area contributed by atoms with Crippen molar-refractivity contribution in [3.63, 3.8) is 0 Å². The van der Waals surface area contributed by atoms with E-state index in [1.54, 1.807) is 29.2 Å². The Bertz CT molecular complexity index is 501. The van der Waals surface area contributed by atoms with Gasteiger partial charge in [0.25, 0.3) is 0 Å². The summed E-state index contributed by atoms with van der Waals surface area (Å²) >= 11 is 0. The molecule has 0 aliphatic rings. The number of nitrogens with zero attached hydrogens (tertiary/aromatic N) is 3. The number of halogens is 2. The van der Waals surface area contributed by atoms with Crippen LogP contribution in [-0.2, 0) is 4.79 Å². The van der Waals surface area contributed by atoms with Crippen molar-refractivity contribution >= 4 is 36.4 Å². The van der Waals surface area contributed by atoms with Gasteiger partial charge in [-0.3, -0.25) is 4.79 Å². The van der Waals surface area contributed by atoms with Gasteiger partial charge in [0.1, 0.15) is 0 Å². The third-order valence-corrected chi connectivity index (χ3v) is 2.38. The van der Waals surface area contributed by atoms with Crippen molar-refractivity contribution in [1.82, 2.24) is 14.8 Å². The molecule has 8 heteroatoms. The first-order chi connectivity index (χ1) is 8.79. The molecule has 0 saturated heterocycles. The molecule has 2 aromatic heterocycles. The van der Waals surface area contributed by atoms with Gasteiger partial charge in [-0.1, -0.05) is 0 Å². The molecule has 0 aliphatic carbocycles.